The molecular formula is C12H16CuO8. The van der Waals surface area contributed by atoms with Crippen LogP contribution in [0, 0.1) is 0 Å². The number of carboxylic acid groups (broad SMARTS) is 2. The van der Waals surface area contributed by atoms with E-state index in [0.29, 0.717) is 0 Å². The van der Waals surface area contributed by atoms with Crippen molar-refractivity contribution in [2.45, 2.75) is 12.8 Å². The van der Waals surface area contributed by atoms with E-state index < -0.39 is 23.9 Å². The van der Waals surface area contributed by atoms with E-state index in [1.807, 2.05) is 0 Å². The first-order chi connectivity index (χ1) is 9.33. The summed E-state index contributed by atoms with van der Waals surface area (Å²) in [5.74, 6) is -3.17. The number of aliphatic carboxylic acids is 2. The molecule has 0 saturated carbocycles. The van der Waals surface area contributed by atoms with Crippen molar-refractivity contribution in [1.82, 2.24) is 0 Å². The first kappa shape index (κ1) is 23.9. The largest absolute Gasteiger partial charge is 0.481 e. The molecule has 0 atom stereocenters. The van der Waals surface area contributed by atoms with E-state index >= 15 is 0 Å². The molecule has 0 saturated heterocycles. The van der Waals surface area contributed by atoms with Gasteiger partial charge in [0.05, 0.1) is 12.8 Å². The Kier molecular flexibility index (Phi) is 18.2. The van der Waals surface area contributed by atoms with Crippen LogP contribution in [0.2, 0.25) is 0 Å². The molecule has 0 bridgehead atoms. The quantitative estimate of drug-likeness (QED) is 0.365. The zero-order chi connectivity index (χ0) is 16.0. The zero-order valence-electron chi connectivity index (χ0n) is 11.0. The third-order valence-electron chi connectivity index (χ3n) is 1.45. The average molecular weight is 352 g/mol. The van der Waals surface area contributed by atoms with Crippen molar-refractivity contribution in [1.29, 1.82) is 0 Å². The van der Waals surface area contributed by atoms with Crippen LogP contribution in [0.3, 0.4) is 0 Å². The van der Waals surface area contributed by atoms with E-state index in [1.165, 1.54) is 0 Å². The second-order valence-corrected chi connectivity index (χ2v) is 3.03. The predicted octanol–water partition coefficient (Wildman–Crippen LogP) is 0.378. The minimum Gasteiger partial charge on any atom is -0.481 e. The van der Waals surface area contributed by atoms with Crippen LogP contribution < -0.4 is 0 Å². The Balaban J connectivity index is -0.000000295. The van der Waals surface area contributed by atoms with Gasteiger partial charge in [-0.1, -0.05) is 13.2 Å². The van der Waals surface area contributed by atoms with Crippen LogP contribution in [-0.4, -0.2) is 47.3 Å². The Morgan fingerprint density at radius 2 is 1.10 bits per heavy atom. The molecule has 0 heterocycles. The van der Waals surface area contributed by atoms with Crippen LogP contribution in [0.1, 0.15) is 12.8 Å². The molecule has 0 aromatic heterocycles. The summed E-state index contributed by atoms with van der Waals surface area (Å²) >= 11 is 0. The van der Waals surface area contributed by atoms with E-state index in [2.05, 4.69) is 22.6 Å². The van der Waals surface area contributed by atoms with Gasteiger partial charge in [-0.05, 0) is 0 Å². The number of carbonyl (C=O) groups is 4. The monoisotopic (exact) mass is 351 g/mol. The summed E-state index contributed by atoms with van der Waals surface area (Å²) in [5, 5.41) is 16.2. The summed E-state index contributed by atoms with van der Waals surface area (Å²) in [6.07, 6.45) is 1.64. The summed E-state index contributed by atoms with van der Waals surface area (Å²) in [6.45, 7) is 6.08. The fourth-order valence-electron chi connectivity index (χ4n) is 0.596. The fourth-order valence-corrected chi connectivity index (χ4v) is 0.596. The van der Waals surface area contributed by atoms with Gasteiger partial charge in [-0.15, -0.1) is 0 Å². The van der Waals surface area contributed by atoms with Gasteiger partial charge in [-0.3, -0.25) is 9.59 Å². The van der Waals surface area contributed by atoms with Gasteiger partial charge >= 0.3 is 23.9 Å². The van der Waals surface area contributed by atoms with Crippen LogP contribution >= 0.6 is 0 Å². The van der Waals surface area contributed by atoms with Gasteiger partial charge in [0.25, 0.3) is 0 Å². The Morgan fingerprint density at radius 1 is 0.810 bits per heavy atom. The number of ether oxygens (including phenoxy) is 2. The summed E-state index contributed by atoms with van der Waals surface area (Å²) in [4.78, 5) is 40.2. The van der Waals surface area contributed by atoms with Gasteiger partial charge in [0.1, 0.15) is 13.2 Å². The average Bonchev–Trinajstić information content (AvgIpc) is 2.38. The number of carbonyl (C=O) groups excluding carboxylic acids is 2. The predicted molar refractivity (Wildman–Crippen MR) is 66.8 cm³/mol. The number of rotatable bonds is 8. The summed E-state index contributed by atoms with van der Waals surface area (Å²) in [5.41, 5.74) is 0. The minimum absolute atomic E-state index is 0. The molecule has 0 amide bonds. The maximum Gasteiger partial charge on any atom is 0.330 e. The molecule has 0 fully saturated rings. The number of hydrogen-bond acceptors (Lipinski definition) is 6. The van der Waals surface area contributed by atoms with Gasteiger partial charge in [0.2, 0.25) is 0 Å². The molecule has 21 heavy (non-hydrogen) atoms. The maximum absolute atomic E-state index is 10.3. The van der Waals surface area contributed by atoms with E-state index in [9.17, 15) is 19.2 Å². The van der Waals surface area contributed by atoms with Gasteiger partial charge < -0.3 is 19.7 Å². The topological polar surface area (TPSA) is 127 Å². The van der Waals surface area contributed by atoms with Crippen molar-refractivity contribution in [2.24, 2.45) is 0 Å². The van der Waals surface area contributed by atoms with Gasteiger partial charge in [-0.2, -0.15) is 0 Å². The van der Waals surface area contributed by atoms with Crippen LogP contribution in [0.5, 0.6) is 0 Å². The molecular weight excluding hydrogens is 336 g/mol. The second kappa shape index (κ2) is 15.9. The molecule has 0 aliphatic heterocycles. The first-order valence-electron chi connectivity index (χ1n) is 5.35. The Bertz CT molecular complexity index is 341. The molecule has 0 spiro atoms. The van der Waals surface area contributed by atoms with Crippen molar-refractivity contribution in [3.05, 3.63) is 25.3 Å². The summed E-state index contributed by atoms with van der Waals surface area (Å²) < 4.78 is 8.73. The summed E-state index contributed by atoms with van der Waals surface area (Å²) in [6, 6.07) is 0. The molecule has 123 valence electrons. The molecule has 8 nitrogen and oxygen atoms in total. The molecule has 1 radical (unpaired) electrons. The van der Waals surface area contributed by atoms with Gasteiger partial charge in [0, 0.05) is 29.2 Å². The van der Waals surface area contributed by atoms with E-state index in [0.717, 1.165) is 12.2 Å². The van der Waals surface area contributed by atoms with Crippen LogP contribution in [0.4, 0.5) is 0 Å². The van der Waals surface area contributed by atoms with Gasteiger partial charge in [-0.25, -0.2) is 9.59 Å². The zero-order valence-corrected chi connectivity index (χ0v) is 12.0. The van der Waals surface area contributed by atoms with Crippen molar-refractivity contribution in [3.8, 4) is 0 Å². The first-order valence-corrected chi connectivity index (χ1v) is 5.35. The van der Waals surface area contributed by atoms with Crippen LogP contribution in [0.25, 0.3) is 0 Å². The Morgan fingerprint density at radius 3 is 1.29 bits per heavy atom. The minimum atomic E-state index is -0.989. The fraction of sp³-hybridized carbons (Fsp3) is 0.333. The van der Waals surface area contributed by atoms with Crippen LogP contribution in [0.15, 0.2) is 25.3 Å². The van der Waals surface area contributed by atoms with Crippen molar-refractivity contribution >= 4 is 23.9 Å². The standard InChI is InChI=1S/2C6H8O4.Cu/c2*1-2-6(9)10-4-3-5(7)8;/h2*2H,1,3-4H2,(H,7,8);. The normalized spacial score (nSPS) is 8.00. The van der Waals surface area contributed by atoms with Crippen molar-refractivity contribution < 1.29 is 55.9 Å². The molecule has 2 N–H and O–H groups in total. The number of esters is 2. The van der Waals surface area contributed by atoms with Gasteiger partial charge in [0.15, 0.2) is 0 Å². The smallest absolute Gasteiger partial charge is 0.330 e. The molecule has 0 unspecified atom stereocenters. The molecule has 0 aromatic rings. The van der Waals surface area contributed by atoms with Crippen molar-refractivity contribution in [3.63, 3.8) is 0 Å². The molecule has 0 rings (SSSR count). The second-order valence-electron chi connectivity index (χ2n) is 3.03. The molecule has 0 aliphatic carbocycles. The summed E-state index contributed by atoms with van der Waals surface area (Å²) in [7, 11) is 0. The van der Waals surface area contributed by atoms with E-state index in [1.54, 1.807) is 0 Å². The third-order valence-corrected chi connectivity index (χ3v) is 1.45. The van der Waals surface area contributed by atoms with E-state index in [4.69, 9.17) is 10.2 Å². The Hall–Kier alpha value is -2.12. The molecule has 0 aliphatic rings. The Labute approximate surface area is 131 Å². The van der Waals surface area contributed by atoms with Crippen molar-refractivity contribution in [2.75, 3.05) is 13.2 Å². The SMILES string of the molecule is C=CC(=O)OCCC(=O)O.C=CC(=O)OCCC(=O)O.[Cu]. The third kappa shape index (κ3) is 23.4. The molecule has 9 heteroatoms. The maximum atomic E-state index is 10.3. The molecule has 0 aromatic carbocycles. The number of hydrogen-bond donors (Lipinski definition) is 2. The van der Waals surface area contributed by atoms with E-state index in [-0.39, 0.29) is 43.1 Å². The number of carboxylic acids is 2. The van der Waals surface area contributed by atoms with Crippen LogP contribution in [-0.2, 0) is 45.7 Å².